The predicted molar refractivity (Wildman–Crippen MR) is 75.5 cm³/mol. The lowest BCUT2D eigenvalue weighted by atomic mass is 9.77. The largest absolute Gasteiger partial charge is 0.422 e. The summed E-state index contributed by atoms with van der Waals surface area (Å²) in [7, 11) is 0. The molecule has 0 saturated heterocycles. The molecule has 0 atom stereocenters. The Bertz CT molecular complexity index is 513. The Kier molecular flexibility index (Phi) is 5.24. The van der Waals surface area contributed by atoms with E-state index >= 15 is 0 Å². The Morgan fingerprint density at radius 1 is 1.05 bits per heavy atom. The van der Waals surface area contributed by atoms with Crippen LogP contribution in [-0.4, -0.2) is 0 Å². The average molecular weight is 318 g/mol. The SMILES string of the molecule is CC=CCC1CCC(c2cc(F)c(C(F)(F)F)c(F)c2)CC1. The standard InChI is InChI=1S/C17H19F5/c1-2-3-4-11-5-7-12(8-6-11)13-9-14(18)16(15(19)10-13)17(20,21)22/h2-3,9-12H,4-8H2,1H3. The van der Waals surface area contributed by atoms with Crippen molar-refractivity contribution in [1.82, 2.24) is 0 Å². The van der Waals surface area contributed by atoms with E-state index in [1.54, 1.807) is 0 Å². The molecule has 1 aromatic carbocycles. The molecule has 1 aliphatic rings. The second kappa shape index (κ2) is 6.80. The molecule has 0 N–H and O–H groups in total. The maximum Gasteiger partial charge on any atom is 0.422 e. The molecule has 0 aliphatic heterocycles. The minimum atomic E-state index is -5.00. The Morgan fingerprint density at radius 3 is 2.05 bits per heavy atom. The molecule has 0 nitrogen and oxygen atoms in total. The van der Waals surface area contributed by atoms with E-state index in [1.807, 2.05) is 13.0 Å². The van der Waals surface area contributed by atoms with Gasteiger partial charge < -0.3 is 0 Å². The van der Waals surface area contributed by atoms with Crippen molar-refractivity contribution in [2.24, 2.45) is 5.92 Å². The Morgan fingerprint density at radius 2 is 1.59 bits per heavy atom. The summed E-state index contributed by atoms with van der Waals surface area (Å²) in [5.41, 5.74) is -1.45. The van der Waals surface area contributed by atoms with Gasteiger partial charge in [0.15, 0.2) is 0 Å². The van der Waals surface area contributed by atoms with Crippen molar-refractivity contribution < 1.29 is 22.0 Å². The molecule has 1 saturated carbocycles. The molecule has 0 radical (unpaired) electrons. The zero-order valence-corrected chi connectivity index (χ0v) is 12.4. The van der Waals surface area contributed by atoms with E-state index in [0.29, 0.717) is 11.5 Å². The molecule has 1 aliphatic carbocycles. The first-order valence-electron chi connectivity index (χ1n) is 7.50. The van der Waals surface area contributed by atoms with Gasteiger partial charge in [0.05, 0.1) is 0 Å². The molecule has 22 heavy (non-hydrogen) atoms. The molecule has 1 fully saturated rings. The van der Waals surface area contributed by atoms with Crippen LogP contribution in [0.15, 0.2) is 24.3 Å². The summed E-state index contributed by atoms with van der Waals surface area (Å²) in [4.78, 5) is 0. The van der Waals surface area contributed by atoms with Crippen LogP contribution in [0.5, 0.6) is 0 Å². The van der Waals surface area contributed by atoms with Gasteiger partial charge in [-0.1, -0.05) is 12.2 Å². The maximum absolute atomic E-state index is 13.6. The van der Waals surface area contributed by atoms with Crippen LogP contribution in [0.1, 0.15) is 56.1 Å². The molecule has 0 aromatic heterocycles. The van der Waals surface area contributed by atoms with Crippen molar-refractivity contribution in [3.05, 3.63) is 47.0 Å². The van der Waals surface area contributed by atoms with E-state index < -0.39 is 23.4 Å². The molecule has 0 bridgehead atoms. The summed E-state index contributed by atoms with van der Waals surface area (Å²) in [5, 5.41) is 0. The van der Waals surface area contributed by atoms with Crippen LogP contribution in [0.3, 0.4) is 0 Å². The number of benzene rings is 1. The van der Waals surface area contributed by atoms with E-state index in [0.717, 1.165) is 44.2 Å². The summed E-state index contributed by atoms with van der Waals surface area (Å²) in [6.45, 7) is 1.96. The smallest absolute Gasteiger partial charge is 0.206 e. The Labute approximate surface area is 127 Å². The zero-order valence-electron chi connectivity index (χ0n) is 12.4. The minimum absolute atomic E-state index is 0.0619. The maximum atomic E-state index is 13.6. The molecule has 122 valence electrons. The second-order valence-corrected chi connectivity index (χ2v) is 5.88. The molecule has 5 heteroatoms. The highest BCUT2D eigenvalue weighted by molar-refractivity contribution is 5.30. The van der Waals surface area contributed by atoms with Gasteiger partial charge in [-0.2, -0.15) is 13.2 Å². The number of alkyl halides is 3. The predicted octanol–water partition coefficient (Wildman–Crippen LogP) is 6.22. The van der Waals surface area contributed by atoms with E-state index in [9.17, 15) is 22.0 Å². The van der Waals surface area contributed by atoms with Crippen molar-refractivity contribution in [2.45, 2.75) is 51.1 Å². The molecule has 0 heterocycles. The lowest BCUT2D eigenvalue weighted by molar-refractivity contribution is -0.142. The van der Waals surface area contributed by atoms with Crippen LogP contribution >= 0.6 is 0 Å². The average Bonchev–Trinajstić information content (AvgIpc) is 2.43. The second-order valence-electron chi connectivity index (χ2n) is 5.88. The zero-order chi connectivity index (χ0) is 16.3. The van der Waals surface area contributed by atoms with Crippen molar-refractivity contribution in [3.63, 3.8) is 0 Å². The van der Waals surface area contributed by atoms with Gasteiger partial charge in [0.2, 0.25) is 0 Å². The molecular formula is C17H19F5. The van der Waals surface area contributed by atoms with Crippen LogP contribution in [0, 0.1) is 17.6 Å². The first kappa shape index (κ1) is 17.0. The highest BCUT2D eigenvalue weighted by atomic mass is 19.4. The van der Waals surface area contributed by atoms with Gasteiger partial charge in [-0.25, -0.2) is 8.78 Å². The lowest BCUT2D eigenvalue weighted by Crippen LogP contribution is -2.16. The number of halogens is 5. The normalized spacial score (nSPS) is 23.2. The third kappa shape index (κ3) is 3.87. The van der Waals surface area contributed by atoms with Gasteiger partial charge in [0.25, 0.3) is 0 Å². The fourth-order valence-corrected chi connectivity index (χ4v) is 3.16. The monoisotopic (exact) mass is 318 g/mol. The van der Waals surface area contributed by atoms with Crippen molar-refractivity contribution >= 4 is 0 Å². The van der Waals surface area contributed by atoms with Crippen molar-refractivity contribution in [1.29, 1.82) is 0 Å². The van der Waals surface area contributed by atoms with Crippen LogP contribution < -0.4 is 0 Å². The van der Waals surface area contributed by atoms with Gasteiger partial charge in [0.1, 0.15) is 17.2 Å². The lowest BCUT2D eigenvalue weighted by Gasteiger charge is -2.28. The third-order valence-corrected chi connectivity index (χ3v) is 4.37. The first-order valence-corrected chi connectivity index (χ1v) is 7.50. The fourth-order valence-electron chi connectivity index (χ4n) is 3.16. The van der Waals surface area contributed by atoms with E-state index in [-0.39, 0.29) is 5.92 Å². The minimum Gasteiger partial charge on any atom is -0.206 e. The van der Waals surface area contributed by atoms with E-state index in [1.165, 1.54) is 0 Å². The van der Waals surface area contributed by atoms with E-state index in [2.05, 4.69) is 6.08 Å². The van der Waals surface area contributed by atoms with Crippen LogP contribution in [-0.2, 0) is 6.18 Å². The van der Waals surface area contributed by atoms with Crippen molar-refractivity contribution in [2.75, 3.05) is 0 Å². The topological polar surface area (TPSA) is 0 Å². The fraction of sp³-hybridized carbons (Fsp3) is 0.529. The van der Waals surface area contributed by atoms with Gasteiger partial charge >= 0.3 is 6.18 Å². The number of rotatable bonds is 3. The molecule has 2 rings (SSSR count). The molecule has 0 unspecified atom stereocenters. The first-order chi connectivity index (χ1) is 10.3. The summed E-state index contributed by atoms with van der Waals surface area (Å²) in [6, 6.07) is 1.70. The number of hydrogen-bond acceptors (Lipinski definition) is 0. The van der Waals surface area contributed by atoms with Gasteiger partial charge in [-0.05, 0) is 68.6 Å². The van der Waals surface area contributed by atoms with Gasteiger partial charge in [-0.3, -0.25) is 0 Å². The quantitative estimate of drug-likeness (QED) is 0.458. The van der Waals surface area contributed by atoms with Gasteiger partial charge in [-0.15, -0.1) is 0 Å². The molecule has 0 amide bonds. The van der Waals surface area contributed by atoms with E-state index in [4.69, 9.17) is 0 Å². The third-order valence-electron chi connectivity index (χ3n) is 4.37. The van der Waals surface area contributed by atoms with Crippen LogP contribution in [0.2, 0.25) is 0 Å². The molecule has 0 spiro atoms. The highest BCUT2D eigenvalue weighted by Crippen LogP contribution is 2.40. The Balaban J connectivity index is 2.12. The number of allylic oxidation sites excluding steroid dienone is 2. The van der Waals surface area contributed by atoms with Crippen LogP contribution in [0.4, 0.5) is 22.0 Å². The molecule has 1 aromatic rings. The van der Waals surface area contributed by atoms with Crippen molar-refractivity contribution in [3.8, 4) is 0 Å². The summed E-state index contributed by atoms with van der Waals surface area (Å²) in [5.74, 6) is -2.54. The summed E-state index contributed by atoms with van der Waals surface area (Å²) >= 11 is 0. The highest BCUT2D eigenvalue weighted by Gasteiger charge is 2.38. The summed E-state index contributed by atoms with van der Waals surface area (Å²) in [6.07, 6.45) is 3.45. The Hall–Kier alpha value is -1.39. The number of hydrogen-bond donors (Lipinski definition) is 0. The summed E-state index contributed by atoms with van der Waals surface area (Å²) < 4.78 is 65.0. The molecular weight excluding hydrogens is 299 g/mol. The van der Waals surface area contributed by atoms with Gasteiger partial charge in [0, 0.05) is 0 Å². The van der Waals surface area contributed by atoms with Crippen LogP contribution in [0.25, 0.3) is 0 Å².